The maximum absolute atomic E-state index is 12.2. The second kappa shape index (κ2) is 6.08. The van der Waals surface area contributed by atoms with E-state index in [1.807, 2.05) is 56.3 Å². The van der Waals surface area contributed by atoms with E-state index in [9.17, 15) is 4.79 Å². The van der Waals surface area contributed by atoms with Gasteiger partial charge in [-0.2, -0.15) is 0 Å². The summed E-state index contributed by atoms with van der Waals surface area (Å²) in [7, 11) is 1.61. The third-order valence-electron chi connectivity index (χ3n) is 3.70. The normalized spacial score (nSPS) is 15.5. The molecule has 0 aromatic heterocycles. The second-order valence-electron chi connectivity index (χ2n) is 5.56. The van der Waals surface area contributed by atoms with E-state index in [1.165, 1.54) is 5.56 Å². The van der Waals surface area contributed by atoms with Gasteiger partial charge in [0, 0.05) is 11.1 Å². The Kier molecular flexibility index (Phi) is 3.98. The molecule has 0 spiro atoms. The summed E-state index contributed by atoms with van der Waals surface area (Å²) in [6.45, 7) is 4.02. The molecule has 0 saturated carbocycles. The van der Waals surface area contributed by atoms with Crippen LogP contribution in [0.3, 0.4) is 0 Å². The molecule has 0 atom stereocenters. The van der Waals surface area contributed by atoms with Gasteiger partial charge >= 0.3 is 0 Å². The lowest BCUT2D eigenvalue weighted by Crippen LogP contribution is -2.24. The van der Waals surface area contributed by atoms with Gasteiger partial charge in [0.2, 0.25) is 0 Å². The van der Waals surface area contributed by atoms with Gasteiger partial charge in [-0.3, -0.25) is 4.79 Å². The van der Waals surface area contributed by atoms with Crippen LogP contribution >= 0.6 is 0 Å². The van der Waals surface area contributed by atoms with Gasteiger partial charge in [0.15, 0.2) is 0 Å². The van der Waals surface area contributed by atoms with Crippen LogP contribution in [0.1, 0.15) is 22.3 Å². The van der Waals surface area contributed by atoms with Gasteiger partial charge in [-0.05, 0) is 32.1 Å². The van der Waals surface area contributed by atoms with Crippen molar-refractivity contribution >= 4 is 17.8 Å². The van der Waals surface area contributed by atoms with Crippen molar-refractivity contribution in [1.29, 1.82) is 0 Å². The molecule has 3 rings (SSSR count). The first-order valence-corrected chi connectivity index (χ1v) is 7.40. The van der Waals surface area contributed by atoms with Crippen LogP contribution in [0.15, 0.2) is 53.2 Å². The molecular weight excluding hydrogens is 288 g/mol. The number of hydrogen-bond acceptors (Lipinski definition) is 3. The van der Waals surface area contributed by atoms with E-state index in [1.54, 1.807) is 13.2 Å². The summed E-state index contributed by atoms with van der Waals surface area (Å²) in [4.78, 5) is 16.6. The van der Waals surface area contributed by atoms with E-state index in [-0.39, 0.29) is 5.91 Å². The van der Waals surface area contributed by atoms with Crippen LogP contribution in [0.4, 0.5) is 0 Å². The molecule has 0 bridgehead atoms. The number of aryl methyl sites for hydroxylation is 2. The van der Waals surface area contributed by atoms with E-state index in [0.29, 0.717) is 11.5 Å². The van der Waals surface area contributed by atoms with E-state index in [0.717, 1.165) is 22.4 Å². The molecule has 1 heterocycles. The molecule has 23 heavy (non-hydrogen) atoms. The first kappa shape index (κ1) is 15.0. The van der Waals surface area contributed by atoms with Crippen molar-refractivity contribution in [2.24, 2.45) is 4.99 Å². The van der Waals surface area contributed by atoms with Crippen molar-refractivity contribution in [3.63, 3.8) is 0 Å². The standard InChI is InChI=1S/C19H18N2O2/c1-12-4-7-14(8-5-12)18-20-16(19(22)21-18)11-15-10-13(2)6-9-17(15)23-3/h4-11H,1-3H3,(H,20,21,22)/b16-11+. The molecule has 0 unspecified atom stereocenters. The zero-order valence-electron chi connectivity index (χ0n) is 13.4. The molecule has 0 radical (unpaired) electrons. The zero-order chi connectivity index (χ0) is 16.4. The van der Waals surface area contributed by atoms with Crippen molar-refractivity contribution in [2.45, 2.75) is 13.8 Å². The number of aliphatic imine (C=N–C) groups is 1. The first-order chi connectivity index (χ1) is 11.1. The molecule has 4 nitrogen and oxygen atoms in total. The quantitative estimate of drug-likeness (QED) is 0.885. The number of ether oxygens (including phenoxy) is 1. The Bertz CT molecular complexity index is 818. The highest BCUT2D eigenvalue weighted by atomic mass is 16.5. The second-order valence-corrected chi connectivity index (χ2v) is 5.56. The highest BCUT2D eigenvalue weighted by molar-refractivity contribution is 6.19. The van der Waals surface area contributed by atoms with E-state index < -0.39 is 0 Å². The Morgan fingerprint density at radius 2 is 1.74 bits per heavy atom. The number of hydrogen-bond donors (Lipinski definition) is 1. The van der Waals surface area contributed by atoms with Crippen molar-refractivity contribution in [1.82, 2.24) is 5.32 Å². The number of amidine groups is 1. The summed E-state index contributed by atoms with van der Waals surface area (Å²) in [5.41, 5.74) is 4.37. The van der Waals surface area contributed by atoms with Gasteiger partial charge in [-0.25, -0.2) is 4.99 Å². The van der Waals surface area contributed by atoms with Crippen LogP contribution in [0, 0.1) is 13.8 Å². The minimum Gasteiger partial charge on any atom is -0.496 e. The molecule has 1 aliphatic rings. The minimum absolute atomic E-state index is 0.205. The molecular formula is C19H18N2O2. The molecule has 0 saturated heterocycles. The molecule has 1 amide bonds. The lowest BCUT2D eigenvalue weighted by atomic mass is 10.1. The average molecular weight is 306 g/mol. The SMILES string of the molecule is COc1ccc(C)cc1/C=C1/N=C(c2ccc(C)cc2)NC1=O. The van der Waals surface area contributed by atoms with Gasteiger partial charge in [0.25, 0.3) is 5.91 Å². The maximum atomic E-state index is 12.2. The number of carbonyl (C=O) groups excluding carboxylic acids is 1. The Balaban J connectivity index is 1.98. The fourth-order valence-corrected chi connectivity index (χ4v) is 2.43. The van der Waals surface area contributed by atoms with Gasteiger partial charge in [0.05, 0.1) is 7.11 Å². The van der Waals surface area contributed by atoms with E-state index in [2.05, 4.69) is 10.3 Å². The minimum atomic E-state index is -0.205. The maximum Gasteiger partial charge on any atom is 0.275 e. The topological polar surface area (TPSA) is 50.7 Å². The van der Waals surface area contributed by atoms with Crippen molar-refractivity contribution in [3.05, 3.63) is 70.4 Å². The predicted molar refractivity (Wildman–Crippen MR) is 91.6 cm³/mol. The van der Waals surface area contributed by atoms with Crippen LogP contribution in [0.25, 0.3) is 6.08 Å². The highest BCUT2D eigenvalue weighted by Gasteiger charge is 2.21. The van der Waals surface area contributed by atoms with Crippen molar-refractivity contribution in [3.8, 4) is 5.75 Å². The Morgan fingerprint density at radius 1 is 1.04 bits per heavy atom. The van der Waals surface area contributed by atoms with Crippen LogP contribution < -0.4 is 10.1 Å². The number of methoxy groups -OCH3 is 1. The highest BCUT2D eigenvalue weighted by Crippen LogP contribution is 2.24. The van der Waals surface area contributed by atoms with E-state index in [4.69, 9.17) is 4.74 Å². The van der Waals surface area contributed by atoms with Crippen molar-refractivity contribution < 1.29 is 9.53 Å². The number of rotatable bonds is 3. The third-order valence-corrected chi connectivity index (χ3v) is 3.70. The van der Waals surface area contributed by atoms with E-state index >= 15 is 0 Å². The van der Waals surface area contributed by atoms with Gasteiger partial charge in [-0.1, -0.05) is 41.5 Å². The monoisotopic (exact) mass is 306 g/mol. The van der Waals surface area contributed by atoms with Gasteiger partial charge < -0.3 is 10.1 Å². The first-order valence-electron chi connectivity index (χ1n) is 7.40. The molecule has 2 aromatic carbocycles. The summed E-state index contributed by atoms with van der Waals surface area (Å²) in [6, 6.07) is 13.7. The third kappa shape index (κ3) is 3.16. The lowest BCUT2D eigenvalue weighted by molar-refractivity contribution is -0.115. The number of nitrogens with zero attached hydrogens (tertiary/aromatic N) is 1. The smallest absolute Gasteiger partial charge is 0.275 e. The summed E-state index contributed by atoms with van der Waals surface area (Å²) < 4.78 is 5.35. The molecule has 116 valence electrons. The fraction of sp³-hybridized carbons (Fsp3) is 0.158. The summed E-state index contributed by atoms with van der Waals surface area (Å²) in [5.74, 6) is 1.09. The average Bonchev–Trinajstić information content (AvgIpc) is 2.89. The van der Waals surface area contributed by atoms with Crippen LogP contribution in [0.2, 0.25) is 0 Å². The van der Waals surface area contributed by atoms with Gasteiger partial charge in [0.1, 0.15) is 17.3 Å². The molecule has 2 aromatic rings. The molecule has 0 fully saturated rings. The largest absolute Gasteiger partial charge is 0.496 e. The summed E-state index contributed by atoms with van der Waals surface area (Å²) in [5, 5.41) is 2.81. The van der Waals surface area contributed by atoms with Crippen LogP contribution in [0.5, 0.6) is 5.75 Å². The van der Waals surface area contributed by atoms with Crippen LogP contribution in [-0.4, -0.2) is 18.9 Å². The number of benzene rings is 2. The Hall–Kier alpha value is -2.88. The molecule has 1 aliphatic heterocycles. The molecule has 0 aliphatic carbocycles. The van der Waals surface area contributed by atoms with Gasteiger partial charge in [-0.15, -0.1) is 0 Å². The van der Waals surface area contributed by atoms with Crippen molar-refractivity contribution in [2.75, 3.05) is 7.11 Å². The number of amides is 1. The predicted octanol–water partition coefficient (Wildman–Crippen LogP) is 3.23. The Morgan fingerprint density at radius 3 is 2.43 bits per heavy atom. The zero-order valence-corrected chi connectivity index (χ0v) is 13.4. The summed E-state index contributed by atoms with van der Waals surface area (Å²) in [6.07, 6.45) is 1.75. The molecule has 1 N–H and O–H groups in total. The number of carbonyl (C=O) groups is 1. The summed E-state index contributed by atoms with van der Waals surface area (Å²) >= 11 is 0. The van der Waals surface area contributed by atoms with Crippen LogP contribution in [-0.2, 0) is 4.79 Å². The molecule has 4 heteroatoms. The number of nitrogens with one attached hydrogen (secondary N) is 1. The Labute approximate surface area is 135 Å². The fourth-order valence-electron chi connectivity index (χ4n) is 2.43. The lowest BCUT2D eigenvalue weighted by Gasteiger charge is -2.05.